The molecule has 0 bridgehead atoms. The van der Waals surface area contributed by atoms with E-state index in [4.69, 9.17) is 0 Å². The SMILES string of the molecule is O=C(CCCN1C(=O)c2ccc(Br)cc2C1=O)NC1CCCNC1=O. The summed E-state index contributed by atoms with van der Waals surface area (Å²) < 4.78 is 0.736. The van der Waals surface area contributed by atoms with E-state index >= 15 is 0 Å². The van der Waals surface area contributed by atoms with E-state index < -0.39 is 6.04 Å². The minimum Gasteiger partial charge on any atom is -0.354 e. The highest BCUT2D eigenvalue weighted by molar-refractivity contribution is 9.10. The Morgan fingerprint density at radius 1 is 1.24 bits per heavy atom. The Hall–Kier alpha value is -2.22. The predicted molar refractivity (Wildman–Crippen MR) is 92.9 cm³/mol. The van der Waals surface area contributed by atoms with Crippen LogP contribution in [0.25, 0.3) is 0 Å². The van der Waals surface area contributed by atoms with Gasteiger partial charge in [-0.1, -0.05) is 15.9 Å². The quantitative estimate of drug-likeness (QED) is 0.717. The lowest BCUT2D eigenvalue weighted by Gasteiger charge is -2.22. The van der Waals surface area contributed by atoms with E-state index in [9.17, 15) is 19.2 Å². The molecule has 8 heteroatoms. The Labute approximate surface area is 153 Å². The molecule has 25 heavy (non-hydrogen) atoms. The molecule has 3 rings (SSSR count). The van der Waals surface area contributed by atoms with E-state index in [1.165, 1.54) is 0 Å². The normalized spacial score (nSPS) is 19.6. The van der Waals surface area contributed by atoms with Gasteiger partial charge in [-0.3, -0.25) is 24.1 Å². The van der Waals surface area contributed by atoms with E-state index in [2.05, 4.69) is 26.6 Å². The topological polar surface area (TPSA) is 95.6 Å². The number of imide groups is 1. The van der Waals surface area contributed by atoms with Crippen molar-refractivity contribution >= 4 is 39.6 Å². The fraction of sp³-hybridized carbons (Fsp3) is 0.412. The molecule has 4 amide bonds. The number of fused-ring (bicyclic) bond motifs is 1. The first-order chi connectivity index (χ1) is 12.0. The number of benzene rings is 1. The number of amides is 4. The molecule has 2 heterocycles. The molecule has 132 valence electrons. The van der Waals surface area contributed by atoms with Crippen LogP contribution in [0.2, 0.25) is 0 Å². The summed E-state index contributed by atoms with van der Waals surface area (Å²) in [5.74, 6) is -1.08. The number of halogens is 1. The number of carbonyl (C=O) groups excluding carboxylic acids is 4. The highest BCUT2D eigenvalue weighted by Crippen LogP contribution is 2.26. The molecule has 0 spiro atoms. The minimum atomic E-state index is -0.488. The van der Waals surface area contributed by atoms with Gasteiger partial charge in [0.25, 0.3) is 11.8 Å². The first kappa shape index (κ1) is 17.6. The van der Waals surface area contributed by atoms with Crippen molar-refractivity contribution in [3.8, 4) is 0 Å². The molecule has 1 saturated heterocycles. The number of carbonyl (C=O) groups is 4. The first-order valence-corrected chi connectivity index (χ1v) is 8.99. The molecule has 0 radical (unpaired) electrons. The third kappa shape index (κ3) is 3.73. The maximum Gasteiger partial charge on any atom is 0.261 e. The van der Waals surface area contributed by atoms with E-state index in [0.717, 1.165) is 15.8 Å². The van der Waals surface area contributed by atoms with E-state index in [0.29, 0.717) is 30.5 Å². The standard InChI is InChI=1S/C17H18BrN3O4/c18-10-5-6-11-12(9-10)17(25)21(16(11)24)8-2-4-14(22)20-13-3-1-7-19-15(13)23/h5-6,9,13H,1-4,7-8H2,(H,19,23)(H,20,22). The fourth-order valence-corrected chi connectivity index (χ4v) is 3.40. The summed E-state index contributed by atoms with van der Waals surface area (Å²) in [7, 11) is 0. The van der Waals surface area contributed by atoms with Gasteiger partial charge < -0.3 is 10.6 Å². The third-order valence-corrected chi connectivity index (χ3v) is 4.83. The van der Waals surface area contributed by atoms with Crippen molar-refractivity contribution in [2.75, 3.05) is 13.1 Å². The van der Waals surface area contributed by atoms with Gasteiger partial charge in [0.15, 0.2) is 0 Å². The molecule has 7 nitrogen and oxygen atoms in total. The van der Waals surface area contributed by atoms with E-state index in [1.54, 1.807) is 18.2 Å². The Bertz CT molecular complexity index is 749. The van der Waals surface area contributed by atoms with Gasteiger partial charge in [0.1, 0.15) is 6.04 Å². The van der Waals surface area contributed by atoms with Crippen LogP contribution in [0, 0.1) is 0 Å². The van der Waals surface area contributed by atoms with Crippen LogP contribution >= 0.6 is 15.9 Å². The van der Waals surface area contributed by atoms with Gasteiger partial charge in [-0.2, -0.15) is 0 Å². The molecule has 1 unspecified atom stereocenters. The molecule has 1 aromatic rings. The van der Waals surface area contributed by atoms with Crippen LogP contribution in [0.1, 0.15) is 46.4 Å². The maximum atomic E-state index is 12.3. The summed E-state index contributed by atoms with van der Waals surface area (Å²) in [6, 6.07) is 4.48. The van der Waals surface area contributed by atoms with Crippen molar-refractivity contribution < 1.29 is 19.2 Å². The molecule has 2 N–H and O–H groups in total. The molecular formula is C17H18BrN3O4. The minimum absolute atomic E-state index is 0.154. The monoisotopic (exact) mass is 407 g/mol. The summed E-state index contributed by atoms with van der Waals surface area (Å²) in [5, 5.41) is 5.41. The average molecular weight is 408 g/mol. The second kappa shape index (κ2) is 7.35. The van der Waals surface area contributed by atoms with Crippen LogP contribution in [0.4, 0.5) is 0 Å². The van der Waals surface area contributed by atoms with Crippen molar-refractivity contribution in [1.29, 1.82) is 0 Å². The van der Waals surface area contributed by atoms with Gasteiger partial charge in [0.05, 0.1) is 11.1 Å². The van der Waals surface area contributed by atoms with E-state index in [-0.39, 0.29) is 36.6 Å². The van der Waals surface area contributed by atoms with Crippen LogP contribution in [0.15, 0.2) is 22.7 Å². The number of rotatable bonds is 5. The van der Waals surface area contributed by atoms with Crippen molar-refractivity contribution in [1.82, 2.24) is 15.5 Å². The summed E-state index contributed by atoms with van der Waals surface area (Å²) in [5.41, 5.74) is 0.763. The zero-order valence-electron chi connectivity index (χ0n) is 13.5. The first-order valence-electron chi connectivity index (χ1n) is 8.20. The fourth-order valence-electron chi connectivity index (χ4n) is 3.04. The van der Waals surface area contributed by atoms with Crippen molar-refractivity contribution in [2.45, 2.75) is 31.7 Å². The number of hydrogen-bond donors (Lipinski definition) is 2. The molecule has 1 aromatic carbocycles. The van der Waals surface area contributed by atoms with Crippen LogP contribution in [0.5, 0.6) is 0 Å². The average Bonchev–Trinajstić information content (AvgIpc) is 2.81. The number of hydrogen-bond acceptors (Lipinski definition) is 4. The van der Waals surface area contributed by atoms with Crippen molar-refractivity contribution in [3.05, 3.63) is 33.8 Å². The largest absolute Gasteiger partial charge is 0.354 e. The van der Waals surface area contributed by atoms with Crippen molar-refractivity contribution in [3.63, 3.8) is 0 Å². The molecular weight excluding hydrogens is 390 g/mol. The van der Waals surface area contributed by atoms with Crippen LogP contribution in [-0.4, -0.2) is 47.7 Å². The highest BCUT2D eigenvalue weighted by atomic mass is 79.9. The maximum absolute atomic E-state index is 12.3. The summed E-state index contributed by atoms with van der Waals surface area (Å²) >= 11 is 3.29. The zero-order valence-corrected chi connectivity index (χ0v) is 15.1. The summed E-state index contributed by atoms with van der Waals surface area (Å²) in [6.07, 6.45) is 1.97. The van der Waals surface area contributed by atoms with Gasteiger partial charge in [-0.15, -0.1) is 0 Å². The molecule has 1 fully saturated rings. The molecule has 2 aliphatic heterocycles. The predicted octanol–water partition coefficient (Wildman–Crippen LogP) is 1.22. The third-order valence-electron chi connectivity index (χ3n) is 4.34. The van der Waals surface area contributed by atoms with Crippen LogP contribution < -0.4 is 10.6 Å². The van der Waals surface area contributed by atoms with Gasteiger partial charge in [0, 0.05) is 24.0 Å². The van der Waals surface area contributed by atoms with Gasteiger partial charge in [-0.05, 0) is 37.5 Å². The van der Waals surface area contributed by atoms with Gasteiger partial charge in [0.2, 0.25) is 11.8 Å². The number of nitrogens with one attached hydrogen (secondary N) is 2. The summed E-state index contributed by atoms with van der Waals surface area (Å²) in [4.78, 5) is 49.4. The molecule has 0 aromatic heterocycles. The Morgan fingerprint density at radius 2 is 2.00 bits per heavy atom. The van der Waals surface area contributed by atoms with Gasteiger partial charge in [-0.25, -0.2) is 0 Å². The second-order valence-corrected chi connectivity index (χ2v) is 7.02. The zero-order chi connectivity index (χ0) is 18.0. The molecule has 0 aliphatic carbocycles. The van der Waals surface area contributed by atoms with Crippen LogP contribution in [-0.2, 0) is 9.59 Å². The lowest BCUT2D eigenvalue weighted by molar-refractivity contribution is -0.130. The smallest absolute Gasteiger partial charge is 0.261 e. The van der Waals surface area contributed by atoms with Gasteiger partial charge >= 0.3 is 0 Å². The van der Waals surface area contributed by atoms with E-state index in [1.807, 2.05) is 0 Å². The van der Waals surface area contributed by atoms with Crippen molar-refractivity contribution in [2.24, 2.45) is 0 Å². The number of piperidine rings is 1. The Balaban J connectivity index is 1.51. The number of nitrogens with zero attached hydrogens (tertiary/aromatic N) is 1. The lowest BCUT2D eigenvalue weighted by atomic mass is 10.1. The highest BCUT2D eigenvalue weighted by Gasteiger charge is 2.35. The Kier molecular flexibility index (Phi) is 5.17. The molecule has 0 saturated carbocycles. The molecule has 2 aliphatic rings. The Morgan fingerprint density at radius 3 is 2.76 bits per heavy atom. The summed E-state index contributed by atoms with van der Waals surface area (Å²) in [6.45, 7) is 0.815. The second-order valence-electron chi connectivity index (χ2n) is 6.11. The van der Waals surface area contributed by atoms with Crippen LogP contribution in [0.3, 0.4) is 0 Å². The molecule has 1 atom stereocenters. The lowest BCUT2D eigenvalue weighted by Crippen LogP contribution is -2.50.